The van der Waals surface area contributed by atoms with Crippen molar-refractivity contribution in [3.63, 3.8) is 0 Å². The maximum Gasteiger partial charge on any atom is 0.292 e. The second-order valence-corrected chi connectivity index (χ2v) is 4.31. The molecule has 0 saturated heterocycles. The molecule has 1 amide bonds. The van der Waals surface area contributed by atoms with Gasteiger partial charge in [0.15, 0.2) is 5.76 Å². The van der Waals surface area contributed by atoms with Gasteiger partial charge in [-0.3, -0.25) is 4.79 Å². The highest BCUT2D eigenvalue weighted by atomic mass is 16.4. The van der Waals surface area contributed by atoms with Crippen molar-refractivity contribution < 1.29 is 13.6 Å². The van der Waals surface area contributed by atoms with E-state index < -0.39 is 0 Å². The molecular weight excluding hydrogens is 234 g/mol. The van der Waals surface area contributed by atoms with Gasteiger partial charge in [0.2, 0.25) is 0 Å². The van der Waals surface area contributed by atoms with Gasteiger partial charge in [0.1, 0.15) is 17.2 Å². The highest BCUT2D eigenvalue weighted by Gasteiger charge is 2.27. The summed E-state index contributed by atoms with van der Waals surface area (Å²) in [4.78, 5) is 17.9. The summed E-state index contributed by atoms with van der Waals surface area (Å²) < 4.78 is 10.6. The number of carbonyl (C=O) groups excluding carboxylic acids is 1. The molecule has 94 valence electrons. The molecule has 1 aliphatic rings. The Hall–Kier alpha value is -2.24. The summed E-state index contributed by atoms with van der Waals surface area (Å²) in [6, 6.07) is 3.62. The van der Waals surface area contributed by atoms with Gasteiger partial charge in [-0.05, 0) is 19.1 Å². The number of hydrogen-bond acceptors (Lipinski definition) is 5. The van der Waals surface area contributed by atoms with E-state index in [1.807, 2.05) is 6.92 Å². The fraction of sp³-hybridized carbons (Fsp3) is 0.333. The van der Waals surface area contributed by atoms with E-state index in [1.165, 1.54) is 0 Å². The molecule has 0 radical (unpaired) electrons. The van der Waals surface area contributed by atoms with Crippen LogP contribution in [-0.2, 0) is 13.0 Å². The van der Waals surface area contributed by atoms with Crippen molar-refractivity contribution in [2.75, 3.05) is 12.3 Å². The number of anilines is 1. The number of nitrogens with two attached hydrogens (primary N) is 1. The second kappa shape index (κ2) is 3.90. The minimum Gasteiger partial charge on any atom is -0.456 e. The SMILES string of the molecule is Cc1ccc(C(=O)N2CCc3oc(N)nc3C2)o1. The number of carbonyl (C=O) groups is 1. The number of rotatable bonds is 1. The van der Waals surface area contributed by atoms with Gasteiger partial charge in [-0.25, -0.2) is 0 Å². The number of fused-ring (bicyclic) bond motifs is 1. The number of amides is 1. The maximum absolute atomic E-state index is 12.2. The van der Waals surface area contributed by atoms with Gasteiger partial charge in [-0.2, -0.15) is 4.98 Å². The van der Waals surface area contributed by atoms with Crippen LogP contribution in [0.15, 0.2) is 21.0 Å². The molecule has 0 spiro atoms. The van der Waals surface area contributed by atoms with Gasteiger partial charge >= 0.3 is 0 Å². The Morgan fingerprint density at radius 1 is 1.44 bits per heavy atom. The van der Waals surface area contributed by atoms with E-state index in [9.17, 15) is 4.79 Å². The van der Waals surface area contributed by atoms with Crippen LogP contribution in [-0.4, -0.2) is 22.3 Å². The minimum absolute atomic E-state index is 0.129. The molecule has 6 nitrogen and oxygen atoms in total. The number of oxazole rings is 1. The Balaban J connectivity index is 1.81. The second-order valence-electron chi connectivity index (χ2n) is 4.31. The largest absolute Gasteiger partial charge is 0.456 e. The van der Waals surface area contributed by atoms with E-state index in [0.29, 0.717) is 25.3 Å². The Labute approximate surface area is 103 Å². The first-order valence-corrected chi connectivity index (χ1v) is 5.73. The molecule has 18 heavy (non-hydrogen) atoms. The molecule has 0 bridgehead atoms. The normalized spacial score (nSPS) is 14.6. The number of hydrogen-bond donors (Lipinski definition) is 1. The predicted octanol–water partition coefficient (Wildman–Crippen LogP) is 1.36. The van der Waals surface area contributed by atoms with E-state index >= 15 is 0 Å². The molecule has 3 rings (SSSR count). The molecule has 2 aromatic rings. The van der Waals surface area contributed by atoms with Crippen LogP contribution in [0, 0.1) is 6.92 Å². The van der Waals surface area contributed by atoms with Crippen molar-refractivity contribution in [3.05, 3.63) is 35.1 Å². The molecule has 0 aliphatic carbocycles. The van der Waals surface area contributed by atoms with E-state index in [0.717, 1.165) is 17.2 Å². The first-order chi connectivity index (χ1) is 8.63. The van der Waals surface area contributed by atoms with Crippen LogP contribution in [0.2, 0.25) is 0 Å². The summed E-state index contributed by atoms with van der Waals surface area (Å²) in [6.45, 7) is 2.80. The Kier molecular flexibility index (Phi) is 2.36. The third-order valence-electron chi connectivity index (χ3n) is 2.98. The summed E-state index contributed by atoms with van der Waals surface area (Å²) in [7, 11) is 0. The van der Waals surface area contributed by atoms with Crippen molar-refractivity contribution in [1.29, 1.82) is 0 Å². The topological polar surface area (TPSA) is 85.5 Å². The average Bonchev–Trinajstić information content (AvgIpc) is 2.92. The first-order valence-electron chi connectivity index (χ1n) is 5.73. The fourth-order valence-corrected chi connectivity index (χ4v) is 2.10. The van der Waals surface area contributed by atoms with Crippen molar-refractivity contribution in [2.24, 2.45) is 0 Å². The number of nitrogen functional groups attached to an aromatic ring is 1. The molecule has 0 saturated carbocycles. The van der Waals surface area contributed by atoms with E-state index in [4.69, 9.17) is 14.6 Å². The highest BCUT2D eigenvalue weighted by Crippen LogP contribution is 2.22. The summed E-state index contributed by atoms with van der Waals surface area (Å²) >= 11 is 0. The predicted molar refractivity (Wildman–Crippen MR) is 62.8 cm³/mol. The lowest BCUT2D eigenvalue weighted by atomic mass is 10.1. The standard InChI is InChI=1S/C12H13N3O3/c1-7-2-3-10(17-7)11(16)15-5-4-9-8(6-15)14-12(13)18-9/h2-3H,4-6H2,1H3,(H2,13,14). The van der Waals surface area contributed by atoms with Gasteiger partial charge in [0.05, 0.1) is 6.54 Å². The Morgan fingerprint density at radius 2 is 2.28 bits per heavy atom. The van der Waals surface area contributed by atoms with Gasteiger partial charge in [-0.1, -0.05) is 0 Å². The van der Waals surface area contributed by atoms with Crippen molar-refractivity contribution in [3.8, 4) is 0 Å². The van der Waals surface area contributed by atoms with Crippen LogP contribution < -0.4 is 5.73 Å². The van der Waals surface area contributed by atoms with Gasteiger partial charge in [0.25, 0.3) is 11.9 Å². The third kappa shape index (κ3) is 1.75. The maximum atomic E-state index is 12.2. The number of aryl methyl sites for hydroxylation is 1. The zero-order valence-electron chi connectivity index (χ0n) is 9.97. The van der Waals surface area contributed by atoms with Crippen molar-refractivity contribution >= 4 is 11.9 Å². The summed E-state index contributed by atoms with van der Waals surface area (Å²) in [5, 5.41) is 0. The lowest BCUT2D eigenvalue weighted by Crippen LogP contribution is -2.35. The van der Waals surface area contributed by atoms with Gasteiger partial charge < -0.3 is 19.5 Å². The lowest BCUT2D eigenvalue weighted by molar-refractivity contribution is 0.0694. The number of furan rings is 1. The van der Waals surface area contributed by atoms with Crippen LogP contribution in [0.5, 0.6) is 0 Å². The van der Waals surface area contributed by atoms with Gasteiger partial charge in [0, 0.05) is 13.0 Å². The molecule has 0 unspecified atom stereocenters. The average molecular weight is 247 g/mol. The molecule has 2 N–H and O–H groups in total. The van der Waals surface area contributed by atoms with E-state index in [2.05, 4.69) is 4.98 Å². The van der Waals surface area contributed by atoms with Gasteiger partial charge in [-0.15, -0.1) is 0 Å². The zero-order valence-corrected chi connectivity index (χ0v) is 9.97. The zero-order chi connectivity index (χ0) is 12.7. The van der Waals surface area contributed by atoms with Crippen LogP contribution in [0.3, 0.4) is 0 Å². The van der Waals surface area contributed by atoms with Crippen molar-refractivity contribution in [2.45, 2.75) is 19.9 Å². The molecule has 0 atom stereocenters. The lowest BCUT2D eigenvalue weighted by Gasteiger charge is -2.24. The summed E-state index contributed by atoms with van der Waals surface area (Å²) in [6.07, 6.45) is 0.630. The molecular formula is C12H13N3O3. The van der Waals surface area contributed by atoms with Crippen LogP contribution in [0.1, 0.15) is 27.8 Å². The highest BCUT2D eigenvalue weighted by molar-refractivity contribution is 5.91. The van der Waals surface area contributed by atoms with Crippen LogP contribution in [0.4, 0.5) is 6.01 Å². The number of aromatic nitrogens is 1. The summed E-state index contributed by atoms with van der Waals surface area (Å²) in [5.74, 6) is 1.72. The van der Waals surface area contributed by atoms with Crippen LogP contribution in [0.25, 0.3) is 0 Å². The summed E-state index contributed by atoms with van der Waals surface area (Å²) in [5.41, 5.74) is 6.23. The molecule has 2 aromatic heterocycles. The Bertz CT molecular complexity index is 599. The van der Waals surface area contributed by atoms with Crippen molar-refractivity contribution in [1.82, 2.24) is 9.88 Å². The quantitative estimate of drug-likeness (QED) is 0.822. The molecule has 1 aliphatic heterocycles. The van der Waals surface area contributed by atoms with Crippen LogP contribution >= 0.6 is 0 Å². The van der Waals surface area contributed by atoms with E-state index in [-0.39, 0.29) is 11.9 Å². The Morgan fingerprint density at radius 3 is 3.00 bits per heavy atom. The molecule has 0 aromatic carbocycles. The molecule has 3 heterocycles. The number of nitrogens with zero attached hydrogens (tertiary/aromatic N) is 2. The molecule has 6 heteroatoms. The monoisotopic (exact) mass is 247 g/mol. The minimum atomic E-state index is -0.129. The molecule has 0 fully saturated rings. The smallest absolute Gasteiger partial charge is 0.292 e. The first kappa shape index (κ1) is 10.9. The van der Waals surface area contributed by atoms with E-state index in [1.54, 1.807) is 17.0 Å². The fourth-order valence-electron chi connectivity index (χ4n) is 2.10. The third-order valence-corrected chi connectivity index (χ3v) is 2.98.